The molecule has 0 saturated carbocycles. The highest BCUT2D eigenvalue weighted by atomic mass is 16.6. The molecule has 9 heteroatoms. The number of hydrogen-bond acceptors (Lipinski definition) is 6. The summed E-state index contributed by atoms with van der Waals surface area (Å²) in [6.45, 7) is 2.10. The Morgan fingerprint density at radius 1 is 1.10 bits per heavy atom. The van der Waals surface area contributed by atoms with Crippen molar-refractivity contribution < 1.29 is 19.4 Å². The van der Waals surface area contributed by atoms with E-state index in [0.717, 1.165) is 32.3 Å². The Hall–Kier alpha value is -4.49. The Bertz CT molecular complexity index is 1980. The molecule has 2 aliphatic rings. The summed E-state index contributed by atoms with van der Waals surface area (Å²) in [6, 6.07) is 18.0. The molecule has 0 radical (unpaired) electrons. The molecule has 2 saturated heterocycles. The van der Waals surface area contributed by atoms with Gasteiger partial charge in [-0.15, -0.1) is 0 Å². The number of nitrogens with one attached hydrogen (secondary N) is 2. The first kappa shape index (κ1) is 24.5. The number of aromatic nitrogens is 2. The summed E-state index contributed by atoms with van der Waals surface area (Å²) in [4.78, 5) is 40.4. The molecule has 3 N–H and O–H groups in total. The second-order valence-electron chi connectivity index (χ2n) is 10.3. The molecule has 0 spiro atoms. The van der Waals surface area contributed by atoms with Gasteiger partial charge in [0.25, 0.3) is 11.5 Å². The van der Waals surface area contributed by atoms with Gasteiger partial charge in [0.2, 0.25) is 0 Å². The zero-order valence-electron chi connectivity index (χ0n) is 21.6. The number of aliphatic hydroxyl groups excluding tert-OH is 1. The molecule has 2 bridgehead atoms. The van der Waals surface area contributed by atoms with Crippen LogP contribution in [0, 0.1) is 11.8 Å². The lowest BCUT2D eigenvalue weighted by molar-refractivity contribution is -0.175. The molecular weight excluding hydrogens is 510 g/mol. The maximum Gasteiger partial charge on any atom is 0.330 e. The van der Waals surface area contributed by atoms with E-state index in [1.54, 1.807) is 6.07 Å². The molecule has 2 fully saturated rings. The van der Waals surface area contributed by atoms with E-state index in [2.05, 4.69) is 46.4 Å². The second-order valence-corrected chi connectivity index (χ2v) is 10.3. The first-order valence-electron chi connectivity index (χ1n) is 13.2. The van der Waals surface area contributed by atoms with Gasteiger partial charge in [-0.2, -0.15) is 0 Å². The van der Waals surface area contributed by atoms with E-state index in [9.17, 15) is 19.5 Å². The molecule has 4 atom stereocenters. The van der Waals surface area contributed by atoms with E-state index < -0.39 is 35.3 Å². The topological polar surface area (TPSA) is 123 Å². The van der Waals surface area contributed by atoms with Gasteiger partial charge in [-0.05, 0) is 44.8 Å². The van der Waals surface area contributed by atoms with Crippen molar-refractivity contribution in [1.82, 2.24) is 14.9 Å². The zero-order chi connectivity index (χ0) is 27.6. The minimum Gasteiger partial charge on any atom is -0.387 e. The summed E-state index contributed by atoms with van der Waals surface area (Å²) >= 11 is 0. The van der Waals surface area contributed by atoms with Gasteiger partial charge in [-0.25, -0.2) is 4.79 Å². The van der Waals surface area contributed by atoms with Gasteiger partial charge in [0, 0.05) is 11.8 Å². The summed E-state index contributed by atoms with van der Waals surface area (Å²) in [7, 11) is 0. The number of rotatable bonds is 4. The smallest absolute Gasteiger partial charge is 0.330 e. The molecule has 2 aliphatic heterocycles. The lowest BCUT2D eigenvalue weighted by Crippen LogP contribution is -2.41. The van der Waals surface area contributed by atoms with Crippen LogP contribution in [-0.4, -0.2) is 51.5 Å². The number of aromatic amines is 1. The third-order valence-electron chi connectivity index (χ3n) is 8.18. The molecule has 3 heterocycles. The first-order chi connectivity index (χ1) is 19.4. The Kier molecular flexibility index (Phi) is 5.54. The third-order valence-corrected chi connectivity index (χ3v) is 8.18. The number of H-pyrrole nitrogens is 1. The fourth-order valence-corrected chi connectivity index (χ4v) is 6.03. The lowest BCUT2D eigenvalue weighted by atomic mass is 9.92. The van der Waals surface area contributed by atoms with E-state index in [0.29, 0.717) is 12.0 Å². The molecule has 1 amide bonds. The average molecular weight is 536 g/mol. The number of amides is 1. The monoisotopic (exact) mass is 535 g/mol. The van der Waals surface area contributed by atoms with Gasteiger partial charge in [0.05, 0.1) is 13.2 Å². The molecule has 1 unspecified atom stereocenters. The number of hydrogen-bond donors (Lipinski definition) is 3. The van der Waals surface area contributed by atoms with Crippen molar-refractivity contribution in [2.24, 2.45) is 0 Å². The van der Waals surface area contributed by atoms with Crippen molar-refractivity contribution in [1.29, 1.82) is 0 Å². The predicted octanol–water partition coefficient (Wildman–Crippen LogP) is 2.65. The van der Waals surface area contributed by atoms with E-state index in [-0.39, 0.29) is 24.6 Å². The van der Waals surface area contributed by atoms with Crippen molar-refractivity contribution in [3.05, 3.63) is 92.8 Å². The fraction of sp³-hybridized carbons (Fsp3) is 0.258. The Morgan fingerprint density at radius 2 is 1.82 bits per heavy atom. The highest BCUT2D eigenvalue weighted by molar-refractivity contribution is 6.26. The van der Waals surface area contributed by atoms with Gasteiger partial charge in [0.15, 0.2) is 6.23 Å². The maximum absolute atomic E-state index is 13.2. The number of benzene rings is 4. The van der Waals surface area contributed by atoms with E-state index in [4.69, 9.17) is 9.47 Å². The van der Waals surface area contributed by atoms with Crippen LogP contribution >= 0.6 is 0 Å². The number of aliphatic hydroxyl groups is 1. The van der Waals surface area contributed by atoms with Crippen LogP contribution in [0.15, 0.2) is 70.4 Å². The van der Waals surface area contributed by atoms with E-state index >= 15 is 0 Å². The third kappa shape index (κ3) is 3.58. The van der Waals surface area contributed by atoms with Gasteiger partial charge >= 0.3 is 5.69 Å². The van der Waals surface area contributed by atoms with Crippen LogP contribution in [0.2, 0.25) is 0 Å². The molecule has 5 aromatic rings. The molecule has 7 rings (SSSR count). The summed E-state index contributed by atoms with van der Waals surface area (Å²) in [5.41, 5.74) is -1.65. The number of carbonyl (C=O) groups excluding carboxylic acids is 1. The molecule has 4 aromatic carbocycles. The first-order valence-corrected chi connectivity index (χ1v) is 13.2. The van der Waals surface area contributed by atoms with Gasteiger partial charge < -0.3 is 19.9 Å². The minimum absolute atomic E-state index is 0.0112. The van der Waals surface area contributed by atoms with Crippen LogP contribution in [0.1, 0.15) is 35.5 Å². The van der Waals surface area contributed by atoms with E-state index in [1.807, 2.05) is 31.2 Å². The summed E-state index contributed by atoms with van der Waals surface area (Å²) < 4.78 is 12.9. The minimum atomic E-state index is -0.886. The lowest BCUT2D eigenvalue weighted by Gasteiger charge is -2.30. The van der Waals surface area contributed by atoms with Crippen LogP contribution in [0.3, 0.4) is 0 Å². The Morgan fingerprint density at radius 3 is 2.58 bits per heavy atom. The second kappa shape index (κ2) is 9.03. The average Bonchev–Trinajstić information content (AvgIpc) is 3.44. The zero-order valence-corrected chi connectivity index (χ0v) is 21.6. The molecule has 1 aromatic heterocycles. The van der Waals surface area contributed by atoms with E-state index in [1.165, 1.54) is 10.8 Å². The van der Waals surface area contributed by atoms with Crippen molar-refractivity contribution in [2.75, 3.05) is 13.2 Å². The standard InChI is InChI=1S/C31H25N3O6/c1-2-31-16-39-25(26(31)35)29(40-31)34-15-20(27(36)33-30(34)38)7-4-14-32-28(37)22-13-11-19-9-8-17-5-3-6-18-10-12-21(22)24(19)23(17)18/h3,5-6,8-13,15,25-26,29,35H,2,14,16H2,1H3,(H,32,37)(H,33,36,38)/t25-,26?,29-,31-/m1/s1. The van der Waals surface area contributed by atoms with Crippen LogP contribution in [0.25, 0.3) is 32.3 Å². The van der Waals surface area contributed by atoms with Crippen LogP contribution < -0.4 is 16.6 Å². The highest BCUT2D eigenvalue weighted by Crippen LogP contribution is 2.46. The Balaban J connectivity index is 1.14. The van der Waals surface area contributed by atoms with Gasteiger partial charge in [-0.1, -0.05) is 67.3 Å². The predicted molar refractivity (Wildman–Crippen MR) is 150 cm³/mol. The number of ether oxygens (including phenoxy) is 2. The number of fused-ring (bicyclic) bond motifs is 2. The SMILES string of the molecule is CC[C@@]12CO[C@H](C1O)[C@H](n1cc(C#CCNC(=O)c3ccc4ccc5cccc6ccc3c4c56)c(=O)[nH]c1=O)O2. The molecule has 200 valence electrons. The van der Waals surface area contributed by atoms with Crippen molar-refractivity contribution in [2.45, 2.75) is 37.4 Å². The number of nitrogens with zero attached hydrogens (tertiary/aromatic N) is 1. The van der Waals surface area contributed by atoms with Gasteiger partial charge in [-0.3, -0.25) is 19.1 Å². The number of carbonyl (C=O) groups is 1. The fourth-order valence-electron chi connectivity index (χ4n) is 6.03. The highest BCUT2D eigenvalue weighted by Gasteiger charge is 2.60. The van der Waals surface area contributed by atoms with Crippen LogP contribution in [0.5, 0.6) is 0 Å². The van der Waals surface area contributed by atoms with Crippen molar-refractivity contribution in [3.8, 4) is 11.8 Å². The van der Waals surface area contributed by atoms with Crippen LogP contribution in [-0.2, 0) is 9.47 Å². The quantitative estimate of drug-likeness (QED) is 0.240. The van der Waals surface area contributed by atoms with Gasteiger partial charge in [0.1, 0.15) is 23.4 Å². The van der Waals surface area contributed by atoms with Crippen molar-refractivity contribution >= 4 is 38.2 Å². The molecule has 9 nitrogen and oxygen atoms in total. The summed E-state index contributed by atoms with van der Waals surface area (Å²) in [5.74, 6) is 5.26. The molecule has 40 heavy (non-hydrogen) atoms. The normalized spacial score (nSPS) is 23.6. The molecule has 0 aliphatic carbocycles. The summed E-state index contributed by atoms with van der Waals surface area (Å²) in [5, 5.41) is 19.7. The maximum atomic E-state index is 13.2. The Labute approximate surface area is 227 Å². The van der Waals surface area contributed by atoms with Crippen LogP contribution in [0.4, 0.5) is 0 Å². The molecular formula is C31H25N3O6. The largest absolute Gasteiger partial charge is 0.387 e. The van der Waals surface area contributed by atoms with Crippen molar-refractivity contribution in [3.63, 3.8) is 0 Å². The summed E-state index contributed by atoms with van der Waals surface area (Å²) in [6.07, 6.45) is -0.679.